The summed E-state index contributed by atoms with van der Waals surface area (Å²) in [4.78, 5) is 8.41. The lowest BCUT2D eigenvalue weighted by Crippen LogP contribution is -2.18. The molecule has 1 aliphatic rings. The van der Waals surface area contributed by atoms with Crippen LogP contribution in [0.3, 0.4) is 0 Å². The second-order valence-corrected chi connectivity index (χ2v) is 5.64. The van der Waals surface area contributed by atoms with Crippen LogP contribution in [0.4, 0.5) is 5.95 Å². The standard InChI is InChI=1S/C15H17N3O/c1-9-6-12(18-14(16)17-9)10-4-5-13-11(7-10)15(2,3)8-19-13/h4-7H,8H2,1-3H3,(H2,16,17,18). The van der Waals surface area contributed by atoms with Crippen LogP contribution in [-0.2, 0) is 5.41 Å². The minimum absolute atomic E-state index is 0.0406. The number of nitrogens with zero attached hydrogens (tertiary/aromatic N) is 2. The smallest absolute Gasteiger partial charge is 0.220 e. The summed E-state index contributed by atoms with van der Waals surface area (Å²) in [7, 11) is 0. The summed E-state index contributed by atoms with van der Waals surface area (Å²) in [6.45, 7) is 7.00. The van der Waals surface area contributed by atoms with E-state index in [2.05, 4.69) is 29.9 Å². The number of nitrogen functional groups attached to an aromatic ring is 1. The molecule has 4 heteroatoms. The fourth-order valence-electron chi connectivity index (χ4n) is 2.42. The van der Waals surface area contributed by atoms with Crippen molar-refractivity contribution in [2.75, 3.05) is 12.3 Å². The number of hydrogen-bond donors (Lipinski definition) is 1. The van der Waals surface area contributed by atoms with E-state index in [1.807, 2.05) is 25.1 Å². The minimum Gasteiger partial charge on any atom is -0.492 e. The number of ether oxygens (including phenoxy) is 1. The molecule has 0 aliphatic carbocycles. The van der Waals surface area contributed by atoms with Gasteiger partial charge in [-0.1, -0.05) is 13.8 Å². The van der Waals surface area contributed by atoms with Crippen molar-refractivity contribution >= 4 is 5.95 Å². The Bertz CT molecular complexity index is 630. The van der Waals surface area contributed by atoms with E-state index >= 15 is 0 Å². The number of benzene rings is 1. The van der Waals surface area contributed by atoms with Gasteiger partial charge in [-0.25, -0.2) is 9.97 Å². The molecular formula is C15H17N3O. The number of anilines is 1. The average molecular weight is 255 g/mol. The summed E-state index contributed by atoms with van der Waals surface area (Å²) >= 11 is 0. The van der Waals surface area contributed by atoms with E-state index in [9.17, 15) is 0 Å². The third-order valence-electron chi connectivity index (χ3n) is 3.46. The van der Waals surface area contributed by atoms with E-state index in [0.29, 0.717) is 5.95 Å². The normalized spacial score (nSPS) is 15.9. The molecule has 19 heavy (non-hydrogen) atoms. The number of aryl methyl sites for hydroxylation is 1. The molecule has 1 aromatic carbocycles. The molecule has 3 rings (SSSR count). The Labute approximate surface area is 112 Å². The van der Waals surface area contributed by atoms with E-state index in [0.717, 1.165) is 29.3 Å². The summed E-state index contributed by atoms with van der Waals surface area (Å²) in [6, 6.07) is 8.11. The molecule has 2 heterocycles. The zero-order chi connectivity index (χ0) is 13.6. The highest BCUT2D eigenvalue weighted by Crippen LogP contribution is 2.40. The Morgan fingerprint density at radius 2 is 2.00 bits per heavy atom. The Morgan fingerprint density at radius 3 is 2.74 bits per heavy atom. The molecule has 1 aromatic heterocycles. The molecule has 1 aliphatic heterocycles. The molecule has 0 saturated carbocycles. The van der Waals surface area contributed by atoms with Gasteiger partial charge in [0, 0.05) is 22.2 Å². The van der Waals surface area contributed by atoms with Crippen molar-refractivity contribution in [2.24, 2.45) is 0 Å². The van der Waals surface area contributed by atoms with E-state index in [1.54, 1.807) is 0 Å². The lowest BCUT2D eigenvalue weighted by atomic mass is 9.86. The number of fused-ring (bicyclic) bond motifs is 1. The van der Waals surface area contributed by atoms with Gasteiger partial charge in [-0.2, -0.15) is 0 Å². The zero-order valence-electron chi connectivity index (χ0n) is 11.4. The Morgan fingerprint density at radius 1 is 1.21 bits per heavy atom. The predicted molar refractivity (Wildman–Crippen MR) is 75.1 cm³/mol. The zero-order valence-corrected chi connectivity index (χ0v) is 11.4. The number of aromatic nitrogens is 2. The fraction of sp³-hybridized carbons (Fsp3) is 0.333. The SMILES string of the molecule is Cc1cc(-c2ccc3c(c2)C(C)(C)CO3)nc(N)n1. The molecule has 0 atom stereocenters. The van der Waals surface area contributed by atoms with Crippen molar-refractivity contribution in [3.05, 3.63) is 35.5 Å². The van der Waals surface area contributed by atoms with Crippen molar-refractivity contribution in [1.82, 2.24) is 9.97 Å². The lowest BCUT2D eigenvalue weighted by Gasteiger charge is -2.15. The van der Waals surface area contributed by atoms with Gasteiger partial charge in [0.15, 0.2) is 0 Å². The topological polar surface area (TPSA) is 61.0 Å². The molecule has 0 fully saturated rings. The molecule has 0 spiro atoms. The van der Waals surface area contributed by atoms with Crippen molar-refractivity contribution in [2.45, 2.75) is 26.2 Å². The van der Waals surface area contributed by atoms with Gasteiger partial charge < -0.3 is 10.5 Å². The fourth-order valence-corrected chi connectivity index (χ4v) is 2.42. The Kier molecular flexibility index (Phi) is 2.49. The van der Waals surface area contributed by atoms with Crippen molar-refractivity contribution in [3.63, 3.8) is 0 Å². The van der Waals surface area contributed by atoms with Gasteiger partial charge in [0.2, 0.25) is 5.95 Å². The van der Waals surface area contributed by atoms with Crippen molar-refractivity contribution < 1.29 is 4.74 Å². The van der Waals surface area contributed by atoms with Gasteiger partial charge in [0.05, 0.1) is 12.3 Å². The summed E-state index contributed by atoms with van der Waals surface area (Å²) in [5, 5.41) is 0. The quantitative estimate of drug-likeness (QED) is 0.851. The summed E-state index contributed by atoms with van der Waals surface area (Å²) in [6.07, 6.45) is 0. The molecule has 4 nitrogen and oxygen atoms in total. The molecular weight excluding hydrogens is 238 g/mol. The third kappa shape index (κ3) is 2.03. The average Bonchev–Trinajstić information content (AvgIpc) is 2.64. The molecule has 0 bridgehead atoms. The number of hydrogen-bond acceptors (Lipinski definition) is 4. The number of nitrogens with two attached hydrogens (primary N) is 1. The maximum absolute atomic E-state index is 5.72. The third-order valence-corrected chi connectivity index (χ3v) is 3.46. The second-order valence-electron chi connectivity index (χ2n) is 5.64. The van der Waals surface area contributed by atoms with Crippen molar-refractivity contribution in [3.8, 4) is 17.0 Å². The lowest BCUT2D eigenvalue weighted by molar-refractivity contribution is 0.291. The second kappa shape index (κ2) is 3.95. The van der Waals surface area contributed by atoms with Crippen LogP contribution in [0.2, 0.25) is 0 Å². The molecule has 98 valence electrons. The molecule has 2 aromatic rings. The van der Waals surface area contributed by atoms with Gasteiger partial charge in [-0.3, -0.25) is 0 Å². The van der Waals surface area contributed by atoms with E-state index in [4.69, 9.17) is 10.5 Å². The van der Waals surface area contributed by atoms with Gasteiger partial charge >= 0.3 is 0 Å². The highest BCUT2D eigenvalue weighted by molar-refractivity contribution is 5.64. The summed E-state index contributed by atoms with van der Waals surface area (Å²) in [5.41, 5.74) is 9.76. The first-order valence-electron chi connectivity index (χ1n) is 6.34. The van der Waals surface area contributed by atoms with Crippen LogP contribution >= 0.6 is 0 Å². The number of rotatable bonds is 1. The van der Waals surface area contributed by atoms with Crippen LogP contribution in [-0.4, -0.2) is 16.6 Å². The summed E-state index contributed by atoms with van der Waals surface area (Å²) < 4.78 is 5.69. The Hall–Kier alpha value is -2.10. The van der Waals surface area contributed by atoms with Crippen LogP contribution in [0.1, 0.15) is 25.1 Å². The highest BCUT2D eigenvalue weighted by atomic mass is 16.5. The Balaban J connectivity index is 2.12. The first-order valence-corrected chi connectivity index (χ1v) is 6.34. The van der Waals surface area contributed by atoms with Crippen LogP contribution in [0.15, 0.2) is 24.3 Å². The van der Waals surface area contributed by atoms with Gasteiger partial charge in [-0.05, 0) is 31.2 Å². The molecule has 2 N–H and O–H groups in total. The molecule has 0 amide bonds. The van der Waals surface area contributed by atoms with Gasteiger partial charge in [-0.15, -0.1) is 0 Å². The molecule has 0 saturated heterocycles. The molecule has 0 unspecified atom stereocenters. The maximum atomic E-state index is 5.72. The first kappa shape index (κ1) is 12.0. The van der Waals surface area contributed by atoms with E-state index < -0.39 is 0 Å². The minimum atomic E-state index is 0.0406. The van der Waals surface area contributed by atoms with Gasteiger partial charge in [0.25, 0.3) is 0 Å². The summed E-state index contributed by atoms with van der Waals surface area (Å²) in [5.74, 6) is 1.28. The molecule has 0 radical (unpaired) electrons. The first-order chi connectivity index (χ1) is 8.95. The van der Waals surface area contributed by atoms with Crippen molar-refractivity contribution in [1.29, 1.82) is 0 Å². The highest BCUT2D eigenvalue weighted by Gasteiger charge is 2.31. The van der Waals surface area contributed by atoms with Crippen LogP contribution in [0, 0.1) is 6.92 Å². The monoisotopic (exact) mass is 255 g/mol. The van der Waals surface area contributed by atoms with Gasteiger partial charge in [0.1, 0.15) is 5.75 Å². The maximum Gasteiger partial charge on any atom is 0.220 e. The van der Waals surface area contributed by atoms with Crippen LogP contribution in [0.5, 0.6) is 5.75 Å². The predicted octanol–water partition coefficient (Wildman–Crippen LogP) is 2.70. The largest absolute Gasteiger partial charge is 0.492 e. The van der Waals surface area contributed by atoms with Crippen LogP contribution < -0.4 is 10.5 Å². The van der Waals surface area contributed by atoms with E-state index in [-0.39, 0.29) is 5.41 Å². The van der Waals surface area contributed by atoms with Crippen LogP contribution in [0.25, 0.3) is 11.3 Å². The van der Waals surface area contributed by atoms with E-state index in [1.165, 1.54) is 5.56 Å².